The van der Waals surface area contributed by atoms with E-state index in [1.54, 1.807) is 0 Å². The van der Waals surface area contributed by atoms with Crippen molar-refractivity contribution in [1.82, 2.24) is 15.5 Å². The fourth-order valence-corrected chi connectivity index (χ4v) is 9.59. The van der Waals surface area contributed by atoms with Crippen LogP contribution in [0.4, 0.5) is 4.79 Å². The summed E-state index contributed by atoms with van der Waals surface area (Å²) in [6.07, 6.45) is 14.2. The molecule has 41 heavy (non-hydrogen) atoms. The molecule has 0 radical (unpaired) electrons. The lowest BCUT2D eigenvalue weighted by Crippen LogP contribution is -2.56. The van der Waals surface area contributed by atoms with Crippen molar-refractivity contribution in [3.8, 4) is 0 Å². The fourth-order valence-electron chi connectivity index (χ4n) is 9.59. The number of hydrogen-bond donors (Lipinski definition) is 6. The van der Waals surface area contributed by atoms with E-state index >= 15 is 0 Å². The minimum Gasteiger partial charge on any atom is -0.446 e. The zero-order valence-corrected chi connectivity index (χ0v) is 26.5. The van der Waals surface area contributed by atoms with E-state index in [1.165, 1.54) is 61.8 Å². The number of fused-ring (bicyclic) bond motifs is 5. The third kappa shape index (κ3) is 7.29. The van der Waals surface area contributed by atoms with Gasteiger partial charge in [-0.2, -0.15) is 0 Å². The lowest BCUT2D eigenvalue weighted by Gasteiger charge is -2.58. The van der Waals surface area contributed by atoms with E-state index in [-0.39, 0.29) is 24.9 Å². The van der Waals surface area contributed by atoms with E-state index in [4.69, 9.17) is 27.7 Å². The van der Waals surface area contributed by atoms with Crippen molar-refractivity contribution in [2.24, 2.45) is 69.3 Å². The van der Waals surface area contributed by atoms with Gasteiger partial charge in [0.1, 0.15) is 18.7 Å². The summed E-state index contributed by atoms with van der Waals surface area (Å²) in [5.41, 5.74) is 24.7. The Morgan fingerprint density at radius 3 is 2.29 bits per heavy atom. The predicted octanol–water partition coefficient (Wildman–Crippen LogP) is 4.33. The summed E-state index contributed by atoms with van der Waals surface area (Å²) in [7, 11) is 0. The van der Waals surface area contributed by atoms with E-state index in [0.717, 1.165) is 54.8 Å². The first-order chi connectivity index (χ1) is 19.3. The van der Waals surface area contributed by atoms with Gasteiger partial charge in [0.25, 0.3) is 0 Å². The van der Waals surface area contributed by atoms with Gasteiger partial charge in [0.05, 0.1) is 13.3 Å². The molecule has 0 aromatic heterocycles. The Hall–Kier alpha value is -1.23. The van der Waals surface area contributed by atoms with Crippen molar-refractivity contribution < 1.29 is 9.53 Å². The Balaban J connectivity index is 1.39. The second-order valence-corrected chi connectivity index (χ2v) is 14.9. The molecular weight excluding hydrogens is 514 g/mol. The summed E-state index contributed by atoms with van der Waals surface area (Å²) >= 11 is 0. The third-order valence-electron chi connectivity index (χ3n) is 11.8. The van der Waals surface area contributed by atoms with Crippen LogP contribution in [0.2, 0.25) is 0 Å². The van der Waals surface area contributed by atoms with Gasteiger partial charge in [-0.1, -0.05) is 65.5 Å². The molecule has 0 heterocycles. The van der Waals surface area contributed by atoms with Crippen molar-refractivity contribution >= 4 is 6.09 Å². The van der Waals surface area contributed by atoms with Crippen molar-refractivity contribution in [3.63, 3.8) is 0 Å². The average Bonchev–Trinajstić information content (AvgIpc) is 3.25. The molecule has 4 rings (SSSR count). The highest BCUT2D eigenvalue weighted by Crippen LogP contribution is 2.67. The molecule has 1 amide bonds. The molecule has 8 unspecified atom stereocenters. The highest BCUT2D eigenvalue weighted by molar-refractivity contribution is 5.67. The number of allylic oxidation sites excluding steroid dienone is 1. The molecule has 0 aromatic carbocycles. The summed E-state index contributed by atoms with van der Waals surface area (Å²) in [5.74, 6) is 4.91. The largest absolute Gasteiger partial charge is 0.446 e. The molecule has 9 nitrogen and oxygen atoms in total. The van der Waals surface area contributed by atoms with Gasteiger partial charge in [-0.3, -0.25) is 15.5 Å². The molecule has 0 aliphatic heterocycles. The standard InChI is InChI=1S/C32H61N7O2/c1-20(2)7-6-8-21(3)25-11-12-26-24-10-9-22-17-23(13-15-31(22,4)27(24)14-16-32(25,26)5)41-30(40)39(18-37-28(33)34)19-38-29(35)36/h9,20-21,23-29,37-38H,6-8,10-19,33-36H2,1-5H3. The zero-order valence-electron chi connectivity index (χ0n) is 26.5. The first-order valence-corrected chi connectivity index (χ1v) is 16.5. The van der Waals surface area contributed by atoms with Crippen LogP contribution in [0.1, 0.15) is 105 Å². The minimum absolute atomic E-state index is 0.129. The maximum absolute atomic E-state index is 13.1. The second-order valence-electron chi connectivity index (χ2n) is 14.9. The molecule has 0 saturated heterocycles. The van der Waals surface area contributed by atoms with Crippen LogP contribution in [-0.4, -0.2) is 43.0 Å². The predicted molar refractivity (Wildman–Crippen MR) is 165 cm³/mol. The molecule has 10 N–H and O–H groups in total. The van der Waals surface area contributed by atoms with Crippen LogP contribution >= 0.6 is 0 Å². The number of rotatable bonds is 12. The number of nitrogens with one attached hydrogen (secondary N) is 2. The van der Waals surface area contributed by atoms with Gasteiger partial charge in [-0.05, 0) is 91.3 Å². The molecule has 4 aliphatic carbocycles. The van der Waals surface area contributed by atoms with Crippen LogP contribution in [0.15, 0.2) is 11.6 Å². The Morgan fingerprint density at radius 1 is 0.976 bits per heavy atom. The SMILES string of the molecule is CC(C)CCCC(C)C1CCC2C3CC=C4CC(OC(=O)N(CNC(N)N)CNC(N)N)CCC4(C)C3CCC12C. The number of carbonyl (C=O) groups excluding carboxylic acids is 1. The smallest absolute Gasteiger partial charge is 0.412 e. The molecule has 3 fully saturated rings. The van der Waals surface area contributed by atoms with E-state index in [1.807, 2.05) is 0 Å². The summed E-state index contributed by atoms with van der Waals surface area (Å²) in [6.45, 7) is 12.7. The molecule has 236 valence electrons. The van der Waals surface area contributed by atoms with Crippen LogP contribution < -0.4 is 33.6 Å². The van der Waals surface area contributed by atoms with E-state index in [9.17, 15) is 4.79 Å². The topological polar surface area (TPSA) is 158 Å². The molecular formula is C32H61N7O2. The summed E-state index contributed by atoms with van der Waals surface area (Å²) in [6, 6.07) is 0. The monoisotopic (exact) mass is 575 g/mol. The van der Waals surface area contributed by atoms with Gasteiger partial charge in [-0.15, -0.1) is 0 Å². The van der Waals surface area contributed by atoms with Crippen molar-refractivity contribution in [2.75, 3.05) is 13.3 Å². The van der Waals surface area contributed by atoms with Gasteiger partial charge in [-0.25, -0.2) is 4.79 Å². The van der Waals surface area contributed by atoms with Crippen molar-refractivity contribution in [3.05, 3.63) is 11.6 Å². The van der Waals surface area contributed by atoms with Crippen molar-refractivity contribution in [1.29, 1.82) is 0 Å². The van der Waals surface area contributed by atoms with Crippen LogP contribution in [0.3, 0.4) is 0 Å². The molecule has 9 heteroatoms. The highest BCUT2D eigenvalue weighted by atomic mass is 16.6. The van der Waals surface area contributed by atoms with Crippen LogP contribution in [0.5, 0.6) is 0 Å². The Kier molecular flexibility index (Phi) is 10.8. The molecule has 8 atom stereocenters. The molecule has 0 aromatic rings. The average molecular weight is 576 g/mol. The number of hydrogen-bond acceptors (Lipinski definition) is 8. The van der Waals surface area contributed by atoms with Gasteiger partial charge < -0.3 is 27.7 Å². The maximum atomic E-state index is 13.1. The third-order valence-corrected chi connectivity index (χ3v) is 11.8. The maximum Gasteiger partial charge on any atom is 0.412 e. The molecule has 0 spiro atoms. The highest BCUT2D eigenvalue weighted by Gasteiger charge is 2.59. The molecule has 3 saturated carbocycles. The second kappa shape index (κ2) is 13.6. The summed E-state index contributed by atoms with van der Waals surface area (Å²) in [5, 5.41) is 5.73. The first-order valence-electron chi connectivity index (χ1n) is 16.5. The van der Waals surface area contributed by atoms with E-state index < -0.39 is 18.7 Å². The number of nitrogens with two attached hydrogens (primary N) is 4. The number of carbonyl (C=O) groups is 1. The van der Waals surface area contributed by atoms with E-state index in [2.05, 4.69) is 51.3 Å². The Bertz CT molecular complexity index is 898. The Labute approximate surface area is 249 Å². The number of ether oxygens (including phenoxy) is 1. The number of nitrogens with zero attached hydrogens (tertiary/aromatic N) is 1. The lowest BCUT2D eigenvalue weighted by atomic mass is 9.47. The zero-order chi connectivity index (χ0) is 29.9. The van der Waals surface area contributed by atoms with Gasteiger partial charge in [0.2, 0.25) is 0 Å². The Morgan fingerprint density at radius 2 is 1.66 bits per heavy atom. The first kappa shape index (κ1) is 32.7. The summed E-state index contributed by atoms with van der Waals surface area (Å²) < 4.78 is 6.02. The van der Waals surface area contributed by atoms with Crippen LogP contribution in [0.25, 0.3) is 0 Å². The fraction of sp³-hybridized carbons (Fsp3) is 0.906. The van der Waals surface area contributed by atoms with Crippen LogP contribution in [-0.2, 0) is 4.74 Å². The quantitative estimate of drug-likeness (QED) is 0.148. The van der Waals surface area contributed by atoms with Gasteiger partial charge in [0.15, 0.2) is 0 Å². The molecule has 0 bridgehead atoms. The number of amides is 1. The lowest BCUT2D eigenvalue weighted by molar-refractivity contribution is -0.0595. The minimum atomic E-state index is -0.742. The summed E-state index contributed by atoms with van der Waals surface area (Å²) in [4.78, 5) is 14.5. The normalized spacial score (nSPS) is 35.6. The van der Waals surface area contributed by atoms with Crippen LogP contribution in [0, 0.1) is 46.3 Å². The molecule has 4 aliphatic rings. The van der Waals surface area contributed by atoms with E-state index in [0.29, 0.717) is 5.41 Å². The van der Waals surface area contributed by atoms with Gasteiger partial charge in [0, 0.05) is 6.42 Å². The van der Waals surface area contributed by atoms with Crippen molar-refractivity contribution in [2.45, 2.75) is 124 Å². The van der Waals surface area contributed by atoms with Gasteiger partial charge >= 0.3 is 6.09 Å².